The maximum absolute atomic E-state index is 13.0. The molecular formula is C23H28N6O3. The zero-order valence-corrected chi connectivity index (χ0v) is 18.7. The van der Waals surface area contributed by atoms with E-state index in [1.165, 1.54) is 0 Å². The van der Waals surface area contributed by atoms with Crippen LogP contribution in [0.5, 0.6) is 0 Å². The Balaban J connectivity index is 1.55. The van der Waals surface area contributed by atoms with Gasteiger partial charge in [-0.1, -0.05) is 0 Å². The van der Waals surface area contributed by atoms with Gasteiger partial charge in [-0.3, -0.25) is 14.9 Å². The first-order chi connectivity index (χ1) is 15.4. The Morgan fingerprint density at radius 1 is 1.22 bits per heavy atom. The van der Waals surface area contributed by atoms with E-state index < -0.39 is 5.60 Å². The van der Waals surface area contributed by atoms with Crippen LogP contribution in [0.25, 0.3) is 16.7 Å². The van der Waals surface area contributed by atoms with Crippen LogP contribution >= 0.6 is 0 Å². The normalized spacial score (nSPS) is 18.8. The van der Waals surface area contributed by atoms with Crippen LogP contribution in [0.2, 0.25) is 0 Å². The van der Waals surface area contributed by atoms with E-state index in [-0.39, 0.29) is 18.1 Å². The number of ether oxygens (including phenoxy) is 2. The van der Waals surface area contributed by atoms with Gasteiger partial charge in [0.1, 0.15) is 11.1 Å². The Kier molecular flexibility index (Phi) is 5.28. The number of rotatable bonds is 5. The van der Waals surface area contributed by atoms with Crippen molar-refractivity contribution in [2.24, 2.45) is 0 Å². The maximum atomic E-state index is 13.0. The highest BCUT2D eigenvalue weighted by Gasteiger charge is 2.37. The molecule has 4 heterocycles. The Hall–Kier alpha value is -3.07. The van der Waals surface area contributed by atoms with Gasteiger partial charge < -0.3 is 9.47 Å². The minimum atomic E-state index is -0.560. The first-order valence-corrected chi connectivity index (χ1v) is 11.1. The third kappa shape index (κ3) is 4.29. The fourth-order valence-electron chi connectivity index (χ4n) is 3.91. The Morgan fingerprint density at radius 2 is 2.06 bits per heavy atom. The molecule has 0 bridgehead atoms. The number of carbonyl (C=O) groups is 1. The van der Waals surface area contributed by atoms with Crippen LogP contribution < -0.4 is 0 Å². The predicted molar refractivity (Wildman–Crippen MR) is 117 cm³/mol. The number of aromatic nitrogens is 5. The van der Waals surface area contributed by atoms with Crippen molar-refractivity contribution in [2.75, 3.05) is 13.2 Å². The van der Waals surface area contributed by atoms with E-state index in [9.17, 15) is 4.79 Å². The first kappa shape index (κ1) is 20.8. The average molecular weight is 437 g/mol. The summed E-state index contributed by atoms with van der Waals surface area (Å²) in [7, 11) is 0. The number of fused-ring (bicyclic) bond motifs is 1. The summed E-state index contributed by atoms with van der Waals surface area (Å²) in [6, 6.07) is 5.84. The number of hydrogen-bond donors (Lipinski definition) is 0. The van der Waals surface area contributed by atoms with Gasteiger partial charge in [0.2, 0.25) is 0 Å². The molecule has 3 aromatic heterocycles. The molecule has 1 atom stereocenters. The molecule has 1 amide bonds. The molecule has 1 saturated carbocycles. The molecule has 1 unspecified atom stereocenters. The molecule has 0 radical (unpaired) electrons. The molecule has 32 heavy (non-hydrogen) atoms. The van der Waals surface area contributed by atoms with E-state index in [0.29, 0.717) is 25.6 Å². The fraction of sp³-hybridized carbons (Fsp3) is 0.522. The lowest BCUT2D eigenvalue weighted by Crippen LogP contribution is -2.38. The van der Waals surface area contributed by atoms with E-state index in [2.05, 4.69) is 9.97 Å². The van der Waals surface area contributed by atoms with E-state index in [1.54, 1.807) is 17.3 Å². The van der Waals surface area contributed by atoms with Crippen LogP contribution in [-0.4, -0.2) is 60.6 Å². The molecule has 0 spiro atoms. The third-order valence-electron chi connectivity index (χ3n) is 5.62. The summed E-state index contributed by atoms with van der Waals surface area (Å²) in [6.45, 7) is 7.27. The molecule has 2 aliphatic rings. The van der Waals surface area contributed by atoms with E-state index in [1.807, 2.05) is 43.7 Å². The summed E-state index contributed by atoms with van der Waals surface area (Å²) < 4.78 is 13.1. The molecule has 1 aliphatic carbocycles. The zero-order chi connectivity index (χ0) is 22.3. The summed E-state index contributed by atoms with van der Waals surface area (Å²) in [6.07, 6.45) is 5.99. The second kappa shape index (κ2) is 8.12. The summed E-state index contributed by atoms with van der Waals surface area (Å²) in [4.78, 5) is 28.6. The smallest absolute Gasteiger partial charge is 0.410 e. The second-order valence-corrected chi connectivity index (χ2v) is 9.40. The fourth-order valence-corrected chi connectivity index (χ4v) is 3.91. The lowest BCUT2D eigenvalue weighted by atomic mass is 10.1. The maximum Gasteiger partial charge on any atom is 0.410 e. The van der Waals surface area contributed by atoms with Gasteiger partial charge in [-0.2, -0.15) is 5.10 Å². The predicted octanol–water partition coefficient (Wildman–Crippen LogP) is 3.61. The van der Waals surface area contributed by atoms with Crippen molar-refractivity contribution in [1.29, 1.82) is 0 Å². The van der Waals surface area contributed by atoms with Gasteiger partial charge in [0.05, 0.1) is 24.4 Å². The van der Waals surface area contributed by atoms with Crippen LogP contribution in [0.15, 0.2) is 30.6 Å². The van der Waals surface area contributed by atoms with Crippen LogP contribution in [0.3, 0.4) is 0 Å². The third-order valence-corrected chi connectivity index (χ3v) is 5.62. The highest BCUT2D eigenvalue weighted by Crippen LogP contribution is 2.31. The van der Waals surface area contributed by atoms with Gasteiger partial charge >= 0.3 is 6.09 Å². The lowest BCUT2D eigenvalue weighted by molar-refractivity contribution is 0.0210. The van der Waals surface area contributed by atoms with Crippen LogP contribution in [-0.2, 0) is 16.0 Å². The van der Waals surface area contributed by atoms with Gasteiger partial charge in [0.15, 0.2) is 11.6 Å². The molecule has 0 N–H and O–H groups in total. The second-order valence-electron chi connectivity index (χ2n) is 9.40. The summed E-state index contributed by atoms with van der Waals surface area (Å²) in [5, 5.41) is 4.86. The Labute approximate surface area is 186 Å². The van der Waals surface area contributed by atoms with Crippen LogP contribution in [0, 0.1) is 0 Å². The minimum Gasteiger partial charge on any atom is -0.444 e. The van der Waals surface area contributed by atoms with Gasteiger partial charge in [0.25, 0.3) is 0 Å². The quantitative estimate of drug-likeness (QED) is 0.603. The summed E-state index contributed by atoms with van der Waals surface area (Å²) in [5.41, 5.74) is 1.76. The molecule has 3 aromatic rings. The van der Waals surface area contributed by atoms with Crippen molar-refractivity contribution in [3.63, 3.8) is 0 Å². The lowest BCUT2D eigenvalue weighted by Gasteiger charge is -2.27. The van der Waals surface area contributed by atoms with Gasteiger partial charge in [0, 0.05) is 31.0 Å². The summed E-state index contributed by atoms with van der Waals surface area (Å²) >= 11 is 0. The Morgan fingerprint density at radius 3 is 2.78 bits per heavy atom. The van der Waals surface area contributed by atoms with Crippen LogP contribution in [0.1, 0.15) is 57.6 Å². The van der Waals surface area contributed by atoms with Crippen molar-refractivity contribution < 1.29 is 14.3 Å². The number of pyridine rings is 2. The average Bonchev–Trinajstić information content (AvgIpc) is 3.27. The van der Waals surface area contributed by atoms with Crippen molar-refractivity contribution in [3.05, 3.63) is 42.2 Å². The molecular weight excluding hydrogens is 408 g/mol. The number of hydrogen-bond acceptors (Lipinski definition) is 7. The molecule has 5 rings (SSSR count). The topological polar surface area (TPSA) is 95.3 Å². The van der Waals surface area contributed by atoms with Gasteiger partial charge in [-0.05, 0) is 58.2 Å². The summed E-state index contributed by atoms with van der Waals surface area (Å²) in [5.74, 6) is 1.56. The molecule has 1 saturated heterocycles. The first-order valence-electron chi connectivity index (χ1n) is 11.1. The van der Waals surface area contributed by atoms with E-state index >= 15 is 0 Å². The molecule has 9 nitrogen and oxygen atoms in total. The molecule has 2 fully saturated rings. The number of carbonyl (C=O) groups excluding carboxylic acids is 1. The van der Waals surface area contributed by atoms with Crippen molar-refractivity contribution >= 4 is 17.1 Å². The Bertz CT molecular complexity index is 1120. The molecule has 0 aromatic carbocycles. The standard InChI is InChI=1S/C23H28N6O3/c1-23(2,3)32-22(30)28(16-6-7-16)13-19-26-21(15-9-12-31-14-15)27-29(19)18-8-11-24-17-5-4-10-25-20(17)18/h4-5,8,10-11,15-16H,6-7,9,12-14H2,1-3H3. The van der Waals surface area contributed by atoms with E-state index in [0.717, 1.165) is 41.8 Å². The van der Waals surface area contributed by atoms with Crippen molar-refractivity contribution in [3.8, 4) is 5.69 Å². The number of amides is 1. The van der Waals surface area contributed by atoms with E-state index in [4.69, 9.17) is 19.6 Å². The highest BCUT2D eigenvalue weighted by molar-refractivity contribution is 5.82. The molecule has 9 heteroatoms. The van der Waals surface area contributed by atoms with Crippen LogP contribution in [0.4, 0.5) is 4.79 Å². The van der Waals surface area contributed by atoms with Crippen molar-refractivity contribution in [2.45, 2.75) is 64.1 Å². The van der Waals surface area contributed by atoms with Gasteiger partial charge in [-0.25, -0.2) is 14.5 Å². The van der Waals surface area contributed by atoms with Crippen molar-refractivity contribution in [1.82, 2.24) is 29.6 Å². The largest absolute Gasteiger partial charge is 0.444 e. The highest BCUT2D eigenvalue weighted by atomic mass is 16.6. The number of nitrogens with zero attached hydrogens (tertiary/aromatic N) is 6. The molecule has 168 valence electrons. The SMILES string of the molecule is CC(C)(C)OC(=O)N(Cc1nc(C2CCOC2)nn1-c1ccnc2cccnc12)C1CC1. The molecule has 1 aliphatic heterocycles. The van der Waals surface area contributed by atoms with Gasteiger partial charge in [-0.15, -0.1) is 0 Å². The minimum absolute atomic E-state index is 0.145. The zero-order valence-electron chi connectivity index (χ0n) is 18.7. The monoisotopic (exact) mass is 436 g/mol.